The SMILES string of the molecule is CCC(C)(C)c1nc2c(S(C)(=O)=O)cccc2[nH]1. The fraction of sp³-hybridized carbons (Fsp3) is 0.462. The summed E-state index contributed by atoms with van der Waals surface area (Å²) in [5, 5.41) is 0. The molecular formula is C13H18N2O2S. The van der Waals surface area contributed by atoms with Crippen molar-refractivity contribution in [1.29, 1.82) is 0 Å². The number of fused-ring (bicyclic) bond motifs is 1. The number of para-hydroxylation sites is 1. The summed E-state index contributed by atoms with van der Waals surface area (Å²) < 4.78 is 23.4. The minimum Gasteiger partial charge on any atom is -0.341 e. The lowest BCUT2D eigenvalue weighted by atomic mass is 9.90. The third kappa shape index (κ3) is 2.14. The van der Waals surface area contributed by atoms with Gasteiger partial charge in [0.1, 0.15) is 11.3 Å². The highest BCUT2D eigenvalue weighted by Gasteiger charge is 2.24. The monoisotopic (exact) mass is 266 g/mol. The van der Waals surface area contributed by atoms with Crippen molar-refractivity contribution in [3.8, 4) is 0 Å². The van der Waals surface area contributed by atoms with Gasteiger partial charge in [-0.2, -0.15) is 0 Å². The fourth-order valence-corrected chi connectivity index (χ4v) is 2.63. The van der Waals surface area contributed by atoms with Crippen LogP contribution in [-0.4, -0.2) is 24.6 Å². The number of nitrogens with one attached hydrogen (secondary N) is 1. The van der Waals surface area contributed by atoms with E-state index >= 15 is 0 Å². The summed E-state index contributed by atoms with van der Waals surface area (Å²) in [6, 6.07) is 5.19. The first-order valence-electron chi connectivity index (χ1n) is 5.95. The van der Waals surface area contributed by atoms with Gasteiger partial charge in [-0.3, -0.25) is 0 Å². The predicted octanol–water partition coefficient (Wildman–Crippen LogP) is 2.65. The molecule has 0 aliphatic rings. The molecule has 2 aromatic rings. The average molecular weight is 266 g/mol. The molecule has 0 atom stereocenters. The van der Waals surface area contributed by atoms with Crippen LogP contribution in [-0.2, 0) is 15.3 Å². The van der Waals surface area contributed by atoms with Crippen molar-refractivity contribution in [2.75, 3.05) is 6.26 Å². The Kier molecular flexibility index (Phi) is 2.97. The topological polar surface area (TPSA) is 62.8 Å². The molecule has 0 amide bonds. The van der Waals surface area contributed by atoms with Crippen LogP contribution in [0.15, 0.2) is 23.1 Å². The zero-order chi connectivity index (χ0) is 13.6. The third-order valence-electron chi connectivity index (χ3n) is 3.40. The van der Waals surface area contributed by atoms with Crippen molar-refractivity contribution in [1.82, 2.24) is 9.97 Å². The van der Waals surface area contributed by atoms with Gasteiger partial charge in [-0.1, -0.05) is 26.8 Å². The molecule has 0 aliphatic heterocycles. The van der Waals surface area contributed by atoms with Crippen molar-refractivity contribution < 1.29 is 8.42 Å². The Labute approximate surface area is 107 Å². The fourth-order valence-electron chi connectivity index (χ4n) is 1.79. The minimum absolute atomic E-state index is 0.0895. The number of H-pyrrole nitrogens is 1. The molecule has 0 unspecified atom stereocenters. The number of hydrogen-bond acceptors (Lipinski definition) is 3. The van der Waals surface area contributed by atoms with Gasteiger partial charge in [0.05, 0.1) is 10.4 Å². The second kappa shape index (κ2) is 4.09. The van der Waals surface area contributed by atoms with Gasteiger partial charge in [0.25, 0.3) is 0 Å². The van der Waals surface area contributed by atoms with E-state index in [4.69, 9.17) is 0 Å². The molecule has 1 N–H and O–H groups in total. The van der Waals surface area contributed by atoms with Crippen LogP contribution in [0.2, 0.25) is 0 Å². The van der Waals surface area contributed by atoms with Crippen LogP contribution in [0.3, 0.4) is 0 Å². The Hall–Kier alpha value is -1.36. The van der Waals surface area contributed by atoms with Crippen molar-refractivity contribution in [3.63, 3.8) is 0 Å². The summed E-state index contributed by atoms with van der Waals surface area (Å²) in [5.41, 5.74) is 1.22. The summed E-state index contributed by atoms with van der Waals surface area (Å²) in [6.07, 6.45) is 2.14. The van der Waals surface area contributed by atoms with Gasteiger partial charge in [0.15, 0.2) is 9.84 Å². The first-order chi connectivity index (χ1) is 8.25. The summed E-state index contributed by atoms with van der Waals surface area (Å²) in [5.74, 6) is 0.830. The van der Waals surface area contributed by atoms with E-state index < -0.39 is 9.84 Å². The lowest BCUT2D eigenvalue weighted by Gasteiger charge is -2.18. The molecule has 18 heavy (non-hydrogen) atoms. The highest BCUT2D eigenvalue weighted by atomic mass is 32.2. The highest BCUT2D eigenvalue weighted by molar-refractivity contribution is 7.91. The zero-order valence-electron chi connectivity index (χ0n) is 11.1. The molecule has 0 saturated carbocycles. The Morgan fingerprint density at radius 1 is 1.33 bits per heavy atom. The van der Waals surface area contributed by atoms with Gasteiger partial charge in [-0.05, 0) is 18.6 Å². The molecule has 4 nitrogen and oxygen atoms in total. The lowest BCUT2D eigenvalue weighted by Crippen LogP contribution is -2.17. The predicted molar refractivity (Wildman–Crippen MR) is 72.5 cm³/mol. The van der Waals surface area contributed by atoms with Crippen molar-refractivity contribution in [2.24, 2.45) is 0 Å². The standard InChI is InChI=1S/C13H18N2O2S/c1-5-13(2,3)12-14-9-7-6-8-10(11(9)15-12)18(4,16)17/h6-8H,5H2,1-4H3,(H,14,15). The minimum atomic E-state index is -3.25. The Bertz CT molecular complexity index is 684. The molecule has 5 heteroatoms. The third-order valence-corrected chi connectivity index (χ3v) is 4.53. The molecule has 98 valence electrons. The van der Waals surface area contributed by atoms with E-state index in [2.05, 4.69) is 30.7 Å². The summed E-state index contributed by atoms with van der Waals surface area (Å²) in [4.78, 5) is 8.00. The number of nitrogens with zero attached hydrogens (tertiary/aromatic N) is 1. The van der Waals surface area contributed by atoms with Crippen molar-refractivity contribution in [2.45, 2.75) is 37.5 Å². The van der Waals surface area contributed by atoms with Gasteiger partial charge in [-0.15, -0.1) is 0 Å². The maximum atomic E-state index is 11.7. The number of imidazole rings is 1. The quantitative estimate of drug-likeness (QED) is 0.929. The van der Waals surface area contributed by atoms with Crippen LogP contribution in [0.25, 0.3) is 11.0 Å². The van der Waals surface area contributed by atoms with E-state index in [0.29, 0.717) is 5.52 Å². The summed E-state index contributed by atoms with van der Waals surface area (Å²) in [6.45, 7) is 6.26. The number of aromatic amines is 1. The Morgan fingerprint density at radius 2 is 2.00 bits per heavy atom. The zero-order valence-corrected chi connectivity index (χ0v) is 11.9. The second-order valence-corrected chi connectivity index (χ2v) is 7.23. The number of benzene rings is 1. The van der Waals surface area contributed by atoms with Gasteiger partial charge >= 0.3 is 0 Å². The largest absolute Gasteiger partial charge is 0.341 e. The molecular weight excluding hydrogens is 248 g/mol. The maximum absolute atomic E-state index is 11.7. The number of rotatable bonds is 3. The molecule has 1 aromatic heterocycles. The number of aromatic nitrogens is 2. The first-order valence-corrected chi connectivity index (χ1v) is 7.84. The summed E-state index contributed by atoms with van der Waals surface area (Å²) in [7, 11) is -3.25. The molecule has 0 saturated heterocycles. The second-order valence-electron chi connectivity index (χ2n) is 5.25. The number of sulfone groups is 1. The normalized spacial score (nSPS) is 13.1. The molecule has 0 aliphatic carbocycles. The number of hydrogen-bond donors (Lipinski definition) is 1. The highest BCUT2D eigenvalue weighted by Crippen LogP contribution is 2.28. The molecule has 1 aromatic carbocycles. The molecule has 0 bridgehead atoms. The van der Waals surface area contributed by atoms with Crippen LogP contribution in [0.5, 0.6) is 0 Å². The van der Waals surface area contributed by atoms with E-state index in [-0.39, 0.29) is 10.3 Å². The van der Waals surface area contributed by atoms with E-state index in [9.17, 15) is 8.42 Å². The molecule has 0 spiro atoms. The van der Waals surface area contributed by atoms with Crippen molar-refractivity contribution >= 4 is 20.9 Å². The Morgan fingerprint density at radius 3 is 2.56 bits per heavy atom. The van der Waals surface area contributed by atoms with Crippen LogP contribution in [0, 0.1) is 0 Å². The van der Waals surface area contributed by atoms with Crippen LogP contribution >= 0.6 is 0 Å². The van der Waals surface area contributed by atoms with Gasteiger partial charge in [0, 0.05) is 11.7 Å². The molecule has 0 radical (unpaired) electrons. The molecule has 2 rings (SSSR count). The maximum Gasteiger partial charge on any atom is 0.177 e. The Balaban J connectivity index is 2.74. The lowest BCUT2D eigenvalue weighted by molar-refractivity contribution is 0.479. The van der Waals surface area contributed by atoms with Crippen LogP contribution in [0.4, 0.5) is 0 Å². The van der Waals surface area contributed by atoms with Crippen LogP contribution in [0.1, 0.15) is 33.0 Å². The molecule has 1 heterocycles. The van der Waals surface area contributed by atoms with Gasteiger partial charge < -0.3 is 4.98 Å². The van der Waals surface area contributed by atoms with E-state index in [1.165, 1.54) is 6.26 Å². The summed E-state index contributed by atoms with van der Waals surface area (Å²) >= 11 is 0. The van der Waals surface area contributed by atoms with Crippen molar-refractivity contribution in [3.05, 3.63) is 24.0 Å². The van der Waals surface area contributed by atoms with Gasteiger partial charge in [0.2, 0.25) is 0 Å². The van der Waals surface area contributed by atoms with E-state index in [1.807, 2.05) is 6.07 Å². The smallest absolute Gasteiger partial charge is 0.177 e. The molecule has 0 fully saturated rings. The average Bonchev–Trinajstić information content (AvgIpc) is 2.71. The van der Waals surface area contributed by atoms with E-state index in [0.717, 1.165) is 17.8 Å². The van der Waals surface area contributed by atoms with Crippen LogP contribution < -0.4 is 0 Å². The van der Waals surface area contributed by atoms with E-state index in [1.54, 1.807) is 12.1 Å². The van der Waals surface area contributed by atoms with Gasteiger partial charge in [-0.25, -0.2) is 13.4 Å². The first kappa shape index (κ1) is 13.1.